The summed E-state index contributed by atoms with van der Waals surface area (Å²) < 4.78 is 13.2. The van der Waals surface area contributed by atoms with E-state index in [0.29, 0.717) is 17.7 Å². The fraction of sp³-hybridized carbons (Fsp3) is 0.417. The number of carbonyl (C=O) groups is 1. The van der Waals surface area contributed by atoms with Gasteiger partial charge in [0.15, 0.2) is 0 Å². The fourth-order valence-electron chi connectivity index (χ4n) is 4.94. The van der Waals surface area contributed by atoms with Crippen molar-refractivity contribution in [1.82, 2.24) is 9.80 Å². The Balaban J connectivity index is 1.48. The van der Waals surface area contributed by atoms with Gasteiger partial charge in [-0.15, -0.1) is 0 Å². The minimum Gasteiger partial charge on any atom is -0.339 e. The second kappa shape index (κ2) is 8.34. The molecule has 4 rings (SSSR count). The lowest BCUT2D eigenvalue weighted by Gasteiger charge is -2.38. The topological polar surface area (TPSA) is 47.3 Å². The molecule has 0 N–H and O–H groups in total. The molecule has 0 aliphatic carbocycles. The lowest BCUT2D eigenvalue weighted by molar-refractivity contribution is 0.0738. The summed E-state index contributed by atoms with van der Waals surface area (Å²) in [5.41, 5.74) is 2.18. The quantitative estimate of drug-likeness (QED) is 0.781. The molecule has 2 aliphatic heterocycles. The number of benzene rings is 2. The summed E-state index contributed by atoms with van der Waals surface area (Å²) >= 11 is 0. The van der Waals surface area contributed by atoms with Crippen LogP contribution in [0, 0.1) is 17.1 Å². The van der Waals surface area contributed by atoms with Crippen LogP contribution in [0.2, 0.25) is 0 Å². The van der Waals surface area contributed by atoms with Gasteiger partial charge in [0, 0.05) is 25.2 Å². The molecule has 0 aromatic heterocycles. The van der Waals surface area contributed by atoms with E-state index in [2.05, 4.69) is 11.0 Å². The van der Waals surface area contributed by atoms with E-state index in [-0.39, 0.29) is 17.3 Å². The number of rotatable bonds is 3. The van der Waals surface area contributed by atoms with Crippen LogP contribution in [-0.4, -0.2) is 40.9 Å². The van der Waals surface area contributed by atoms with E-state index >= 15 is 0 Å². The zero-order valence-electron chi connectivity index (χ0n) is 16.6. The maximum absolute atomic E-state index is 13.2. The molecular weight excluding hydrogens is 365 g/mol. The summed E-state index contributed by atoms with van der Waals surface area (Å²) in [5, 5.41) is 9.33. The van der Waals surface area contributed by atoms with Crippen molar-refractivity contribution in [3.8, 4) is 6.07 Å². The maximum Gasteiger partial charge on any atom is 0.255 e. The van der Waals surface area contributed by atoms with E-state index in [9.17, 15) is 14.4 Å². The highest BCUT2D eigenvalue weighted by molar-refractivity contribution is 5.96. The highest BCUT2D eigenvalue weighted by atomic mass is 19.1. The first kappa shape index (κ1) is 19.6. The molecule has 2 aromatic carbocycles. The number of halogens is 1. The number of carbonyl (C=O) groups excluding carboxylic acids is 1. The Hall–Kier alpha value is -2.71. The van der Waals surface area contributed by atoms with Crippen molar-refractivity contribution < 1.29 is 9.18 Å². The number of nitriles is 1. The molecule has 2 aromatic rings. The van der Waals surface area contributed by atoms with E-state index in [1.807, 2.05) is 23.1 Å². The zero-order chi connectivity index (χ0) is 20.3. The predicted octanol–water partition coefficient (Wildman–Crippen LogP) is 4.36. The summed E-state index contributed by atoms with van der Waals surface area (Å²) in [6.45, 7) is 3.30. The third-order valence-electron chi connectivity index (χ3n) is 6.51. The van der Waals surface area contributed by atoms with Crippen molar-refractivity contribution in [3.05, 3.63) is 71.0 Å². The predicted molar refractivity (Wildman–Crippen MR) is 110 cm³/mol. The first-order valence-electron chi connectivity index (χ1n) is 10.4. The first-order valence-corrected chi connectivity index (χ1v) is 10.4. The van der Waals surface area contributed by atoms with Gasteiger partial charge in [0.1, 0.15) is 5.82 Å². The van der Waals surface area contributed by atoms with Crippen LogP contribution >= 0.6 is 0 Å². The molecule has 0 unspecified atom stereocenters. The standard InChI is InChI=1S/C24H26FN3O/c25-21-9-7-19(8-10-21)18-28-15-4-12-24(28)11-3-14-27(16-13-24)23(29)22-6-2-1-5-20(22)17-26/h1-2,5-10H,3-4,11-16,18H2/t24-/m1/s1. The van der Waals surface area contributed by atoms with Crippen LogP contribution in [0.5, 0.6) is 0 Å². The lowest BCUT2D eigenvalue weighted by atomic mass is 9.87. The molecule has 1 atom stereocenters. The smallest absolute Gasteiger partial charge is 0.255 e. The minimum atomic E-state index is -0.203. The molecule has 1 spiro atoms. The van der Waals surface area contributed by atoms with E-state index in [4.69, 9.17) is 0 Å². The van der Waals surface area contributed by atoms with Crippen molar-refractivity contribution in [2.45, 2.75) is 44.2 Å². The average molecular weight is 391 g/mol. The van der Waals surface area contributed by atoms with Crippen LogP contribution in [0.15, 0.2) is 48.5 Å². The Morgan fingerprint density at radius 3 is 2.48 bits per heavy atom. The summed E-state index contributed by atoms with van der Waals surface area (Å²) in [6.07, 6.45) is 5.27. The molecule has 0 radical (unpaired) electrons. The van der Waals surface area contributed by atoms with E-state index in [0.717, 1.165) is 57.3 Å². The molecule has 0 bridgehead atoms. The number of hydrogen-bond acceptors (Lipinski definition) is 3. The minimum absolute atomic E-state index is 0.0396. The van der Waals surface area contributed by atoms with Crippen molar-refractivity contribution in [3.63, 3.8) is 0 Å². The summed E-state index contributed by atoms with van der Waals surface area (Å²) in [7, 11) is 0. The SMILES string of the molecule is N#Cc1ccccc1C(=O)N1CCC[C@@]2(CCCN2Cc2ccc(F)cc2)CC1. The third-order valence-corrected chi connectivity index (χ3v) is 6.51. The van der Waals surface area contributed by atoms with Crippen LogP contribution < -0.4 is 0 Å². The molecule has 1 amide bonds. The number of likely N-dealkylation sites (tertiary alicyclic amines) is 2. The molecule has 4 nitrogen and oxygen atoms in total. The average Bonchev–Trinajstić information content (AvgIpc) is 2.99. The van der Waals surface area contributed by atoms with Crippen LogP contribution in [0.4, 0.5) is 4.39 Å². The van der Waals surface area contributed by atoms with Gasteiger partial charge >= 0.3 is 0 Å². The van der Waals surface area contributed by atoms with Crippen molar-refractivity contribution in [2.24, 2.45) is 0 Å². The molecule has 29 heavy (non-hydrogen) atoms. The van der Waals surface area contributed by atoms with E-state index in [1.54, 1.807) is 18.2 Å². The Kier molecular flexibility index (Phi) is 5.64. The molecule has 5 heteroatoms. The first-order chi connectivity index (χ1) is 14.1. The Morgan fingerprint density at radius 2 is 1.72 bits per heavy atom. The van der Waals surface area contributed by atoms with Gasteiger partial charge in [-0.05, 0) is 68.5 Å². The Morgan fingerprint density at radius 1 is 1.00 bits per heavy atom. The highest BCUT2D eigenvalue weighted by Gasteiger charge is 2.42. The number of hydrogen-bond donors (Lipinski definition) is 0. The zero-order valence-corrected chi connectivity index (χ0v) is 16.6. The maximum atomic E-state index is 13.2. The molecule has 150 valence electrons. The molecule has 2 heterocycles. The van der Waals surface area contributed by atoms with Gasteiger partial charge in [-0.2, -0.15) is 5.26 Å². The van der Waals surface area contributed by atoms with Crippen LogP contribution in [0.25, 0.3) is 0 Å². The van der Waals surface area contributed by atoms with E-state index in [1.165, 1.54) is 12.1 Å². The van der Waals surface area contributed by atoms with Crippen LogP contribution in [0.1, 0.15) is 53.6 Å². The van der Waals surface area contributed by atoms with Crippen molar-refractivity contribution in [2.75, 3.05) is 19.6 Å². The molecule has 2 saturated heterocycles. The molecular formula is C24H26FN3O. The summed E-state index contributed by atoms with van der Waals surface area (Å²) in [6, 6.07) is 16.0. The number of amides is 1. The van der Waals surface area contributed by atoms with Gasteiger partial charge < -0.3 is 4.90 Å². The van der Waals surface area contributed by atoms with Gasteiger partial charge in [0.25, 0.3) is 5.91 Å². The molecule has 2 aliphatic rings. The summed E-state index contributed by atoms with van der Waals surface area (Å²) in [5.74, 6) is -0.242. The van der Waals surface area contributed by atoms with Gasteiger partial charge in [-0.3, -0.25) is 9.69 Å². The number of nitrogens with zero attached hydrogens (tertiary/aromatic N) is 3. The monoisotopic (exact) mass is 391 g/mol. The Labute approximate surface area is 171 Å². The normalized spacial score (nSPS) is 22.4. The van der Waals surface area contributed by atoms with Gasteiger partial charge in [0.2, 0.25) is 0 Å². The van der Waals surface area contributed by atoms with Gasteiger partial charge in [-0.1, -0.05) is 24.3 Å². The Bertz CT molecular complexity index is 920. The summed E-state index contributed by atoms with van der Waals surface area (Å²) in [4.78, 5) is 17.5. The third kappa shape index (κ3) is 4.04. The lowest BCUT2D eigenvalue weighted by Crippen LogP contribution is -2.44. The van der Waals surface area contributed by atoms with Gasteiger partial charge in [-0.25, -0.2) is 4.39 Å². The van der Waals surface area contributed by atoms with E-state index < -0.39 is 0 Å². The molecule has 0 saturated carbocycles. The van der Waals surface area contributed by atoms with Crippen LogP contribution in [0.3, 0.4) is 0 Å². The second-order valence-corrected chi connectivity index (χ2v) is 8.18. The van der Waals surface area contributed by atoms with Gasteiger partial charge in [0.05, 0.1) is 17.2 Å². The van der Waals surface area contributed by atoms with Crippen molar-refractivity contribution >= 4 is 5.91 Å². The van der Waals surface area contributed by atoms with Crippen molar-refractivity contribution in [1.29, 1.82) is 5.26 Å². The molecule has 2 fully saturated rings. The second-order valence-electron chi connectivity index (χ2n) is 8.18. The fourth-order valence-corrected chi connectivity index (χ4v) is 4.94. The van der Waals surface area contributed by atoms with Crippen LogP contribution in [-0.2, 0) is 6.54 Å². The highest BCUT2D eigenvalue weighted by Crippen LogP contribution is 2.39. The largest absolute Gasteiger partial charge is 0.339 e.